The Labute approximate surface area is 82.3 Å². The zero-order valence-electron chi connectivity index (χ0n) is 7.01. The van der Waals surface area contributed by atoms with Crippen molar-refractivity contribution in [2.45, 2.75) is 18.1 Å². The van der Waals surface area contributed by atoms with Gasteiger partial charge in [-0.15, -0.1) is 0 Å². The third kappa shape index (κ3) is 1.36. The number of benzene rings is 1. The number of hydrogen-bond donors (Lipinski definition) is 0. The van der Waals surface area contributed by atoms with Crippen LogP contribution in [0.25, 0.3) is 0 Å². The van der Waals surface area contributed by atoms with Crippen molar-refractivity contribution >= 4 is 23.4 Å². The molecule has 0 bridgehead atoms. The van der Waals surface area contributed by atoms with E-state index in [9.17, 15) is 0 Å². The predicted octanol–water partition coefficient (Wildman–Crippen LogP) is 3.69. The van der Waals surface area contributed by atoms with Crippen molar-refractivity contribution in [3.05, 3.63) is 34.3 Å². The molecule has 0 heterocycles. The molecule has 64 valence electrons. The molecule has 0 aliphatic heterocycles. The minimum atomic E-state index is 0.706. The Hall–Kier alpha value is -0.140. The summed E-state index contributed by atoms with van der Waals surface area (Å²) in [5, 5.41) is 1.58. The first kappa shape index (κ1) is 8.46. The minimum Gasteiger partial charge on any atom is -0.157 e. The molecule has 1 aliphatic carbocycles. The molecule has 1 aliphatic rings. The Kier molecular flexibility index (Phi) is 2.33. The largest absolute Gasteiger partial charge is 0.157 e. The minimum absolute atomic E-state index is 0.706. The Morgan fingerprint density at radius 1 is 1.50 bits per heavy atom. The second kappa shape index (κ2) is 3.31. The van der Waals surface area contributed by atoms with Gasteiger partial charge in [-0.25, -0.2) is 0 Å². The molecule has 12 heavy (non-hydrogen) atoms. The topological polar surface area (TPSA) is 0 Å². The molecule has 0 N–H and O–H groups in total. The summed E-state index contributed by atoms with van der Waals surface area (Å²) in [6, 6.07) is 6.27. The molecule has 0 spiro atoms. The van der Waals surface area contributed by atoms with Crippen LogP contribution in [0.1, 0.15) is 22.8 Å². The summed E-state index contributed by atoms with van der Waals surface area (Å²) >= 11 is 7.85. The Morgan fingerprint density at radius 3 is 3.08 bits per heavy atom. The van der Waals surface area contributed by atoms with E-state index < -0.39 is 0 Å². The van der Waals surface area contributed by atoms with E-state index in [1.165, 1.54) is 24.0 Å². The van der Waals surface area contributed by atoms with Crippen LogP contribution in [0.3, 0.4) is 0 Å². The number of thioether (sulfide) groups is 1. The zero-order chi connectivity index (χ0) is 8.55. The standard InChI is InChI=1S/C10H11ClS/c1-12-10-5-2-7-6-8(11)3-4-9(7)10/h3-4,6,10H,2,5H2,1H3. The summed E-state index contributed by atoms with van der Waals surface area (Å²) in [6.45, 7) is 0. The lowest BCUT2D eigenvalue weighted by molar-refractivity contribution is 0.893. The molecule has 0 saturated heterocycles. The summed E-state index contributed by atoms with van der Waals surface area (Å²) in [7, 11) is 0. The van der Waals surface area contributed by atoms with Gasteiger partial charge in [0.05, 0.1) is 0 Å². The van der Waals surface area contributed by atoms with Crippen LogP contribution in [0.2, 0.25) is 5.02 Å². The van der Waals surface area contributed by atoms with Gasteiger partial charge in [-0.3, -0.25) is 0 Å². The van der Waals surface area contributed by atoms with Crippen LogP contribution < -0.4 is 0 Å². The van der Waals surface area contributed by atoms with E-state index in [-0.39, 0.29) is 0 Å². The maximum Gasteiger partial charge on any atom is 0.0408 e. The SMILES string of the molecule is CSC1CCc2cc(Cl)ccc21. The van der Waals surface area contributed by atoms with Gasteiger partial charge < -0.3 is 0 Å². The van der Waals surface area contributed by atoms with Crippen molar-refractivity contribution in [2.75, 3.05) is 6.26 Å². The average Bonchev–Trinajstić information content (AvgIpc) is 2.46. The normalized spacial score (nSPS) is 21.0. The van der Waals surface area contributed by atoms with Gasteiger partial charge >= 0.3 is 0 Å². The van der Waals surface area contributed by atoms with Crippen molar-refractivity contribution in [3.8, 4) is 0 Å². The highest BCUT2D eigenvalue weighted by atomic mass is 35.5. The van der Waals surface area contributed by atoms with Crippen LogP contribution in [0.15, 0.2) is 18.2 Å². The van der Waals surface area contributed by atoms with Crippen LogP contribution in [-0.4, -0.2) is 6.26 Å². The summed E-state index contributed by atoms with van der Waals surface area (Å²) in [6.07, 6.45) is 4.65. The Balaban J connectivity index is 2.40. The van der Waals surface area contributed by atoms with Gasteiger partial charge in [-0.05, 0) is 42.4 Å². The summed E-state index contributed by atoms with van der Waals surface area (Å²) < 4.78 is 0. The first-order valence-electron chi connectivity index (χ1n) is 4.12. The summed E-state index contributed by atoms with van der Waals surface area (Å²) in [4.78, 5) is 0. The Bertz CT molecular complexity index is 296. The molecule has 0 radical (unpaired) electrons. The van der Waals surface area contributed by atoms with E-state index in [1.807, 2.05) is 17.8 Å². The number of rotatable bonds is 1. The van der Waals surface area contributed by atoms with E-state index in [0.717, 1.165) is 5.02 Å². The van der Waals surface area contributed by atoms with Gasteiger partial charge in [-0.1, -0.05) is 17.7 Å². The van der Waals surface area contributed by atoms with Crippen molar-refractivity contribution in [1.29, 1.82) is 0 Å². The van der Waals surface area contributed by atoms with E-state index in [1.54, 1.807) is 0 Å². The van der Waals surface area contributed by atoms with Gasteiger partial charge in [0.15, 0.2) is 0 Å². The van der Waals surface area contributed by atoms with E-state index in [0.29, 0.717) is 5.25 Å². The number of halogens is 1. The summed E-state index contributed by atoms with van der Waals surface area (Å²) in [5.74, 6) is 0. The number of fused-ring (bicyclic) bond motifs is 1. The fraction of sp³-hybridized carbons (Fsp3) is 0.400. The van der Waals surface area contributed by atoms with Gasteiger partial charge in [0, 0.05) is 10.3 Å². The van der Waals surface area contributed by atoms with Gasteiger partial charge in [-0.2, -0.15) is 11.8 Å². The van der Waals surface area contributed by atoms with Gasteiger partial charge in [0.1, 0.15) is 0 Å². The lowest BCUT2D eigenvalue weighted by atomic mass is 10.1. The quantitative estimate of drug-likeness (QED) is 0.664. The van der Waals surface area contributed by atoms with Gasteiger partial charge in [0.2, 0.25) is 0 Å². The fourth-order valence-electron chi connectivity index (χ4n) is 1.79. The molecule has 0 saturated carbocycles. The zero-order valence-corrected chi connectivity index (χ0v) is 8.58. The molecule has 2 heteroatoms. The highest BCUT2D eigenvalue weighted by Crippen LogP contribution is 2.40. The van der Waals surface area contributed by atoms with Crippen molar-refractivity contribution < 1.29 is 0 Å². The molecule has 2 rings (SSSR count). The summed E-state index contributed by atoms with van der Waals surface area (Å²) in [5.41, 5.74) is 2.94. The van der Waals surface area contributed by atoms with Crippen LogP contribution in [0.5, 0.6) is 0 Å². The third-order valence-electron chi connectivity index (χ3n) is 2.41. The van der Waals surface area contributed by atoms with Gasteiger partial charge in [0.25, 0.3) is 0 Å². The first-order chi connectivity index (χ1) is 5.81. The smallest absolute Gasteiger partial charge is 0.0408 e. The number of aryl methyl sites for hydroxylation is 1. The fourth-order valence-corrected chi connectivity index (χ4v) is 2.82. The number of hydrogen-bond acceptors (Lipinski definition) is 1. The maximum atomic E-state index is 5.91. The molecule has 1 aromatic rings. The Morgan fingerprint density at radius 2 is 2.33 bits per heavy atom. The molecular formula is C10H11ClS. The second-order valence-corrected chi connectivity index (χ2v) is 4.58. The predicted molar refractivity (Wildman–Crippen MR) is 56.0 cm³/mol. The molecule has 1 unspecified atom stereocenters. The molecule has 0 aromatic heterocycles. The van der Waals surface area contributed by atoms with E-state index in [2.05, 4.69) is 18.4 Å². The van der Waals surface area contributed by atoms with Crippen molar-refractivity contribution in [3.63, 3.8) is 0 Å². The van der Waals surface area contributed by atoms with Crippen LogP contribution in [0.4, 0.5) is 0 Å². The van der Waals surface area contributed by atoms with Crippen molar-refractivity contribution in [2.24, 2.45) is 0 Å². The van der Waals surface area contributed by atoms with Crippen molar-refractivity contribution in [1.82, 2.24) is 0 Å². The molecule has 1 aromatic carbocycles. The first-order valence-corrected chi connectivity index (χ1v) is 5.79. The highest BCUT2D eigenvalue weighted by molar-refractivity contribution is 7.98. The second-order valence-electron chi connectivity index (χ2n) is 3.11. The van der Waals surface area contributed by atoms with Crippen LogP contribution >= 0.6 is 23.4 Å². The van der Waals surface area contributed by atoms with Crippen LogP contribution in [0, 0.1) is 0 Å². The lowest BCUT2D eigenvalue weighted by Gasteiger charge is -2.06. The molecule has 0 fully saturated rings. The molecule has 1 atom stereocenters. The van der Waals surface area contributed by atoms with Crippen LogP contribution in [-0.2, 0) is 6.42 Å². The molecule has 0 amide bonds. The lowest BCUT2D eigenvalue weighted by Crippen LogP contribution is -1.85. The monoisotopic (exact) mass is 198 g/mol. The molecular weight excluding hydrogens is 188 g/mol. The average molecular weight is 199 g/mol. The highest BCUT2D eigenvalue weighted by Gasteiger charge is 2.20. The van der Waals surface area contributed by atoms with E-state index in [4.69, 9.17) is 11.6 Å². The maximum absolute atomic E-state index is 5.91. The van der Waals surface area contributed by atoms with E-state index >= 15 is 0 Å². The molecule has 0 nitrogen and oxygen atoms in total. The third-order valence-corrected chi connectivity index (χ3v) is 3.71.